The largest absolute Gasteiger partial charge is 0.459 e. The van der Waals surface area contributed by atoms with Crippen molar-refractivity contribution in [3.63, 3.8) is 0 Å². The minimum Gasteiger partial charge on any atom is -0.459 e. The van der Waals surface area contributed by atoms with Gasteiger partial charge in [0.15, 0.2) is 4.96 Å². The predicted molar refractivity (Wildman–Crippen MR) is 95.8 cm³/mol. The second-order valence-electron chi connectivity index (χ2n) is 5.34. The van der Waals surface area contributed by atoms with Crippen molar-refractivity contribution in [1.82, 2.24) is 9.38 Å². The standard InChI is InChI=1S/C17H16N2O3S2/c1-11-3-4-14(7-12(11)2)24-10-16(21)22-9-13-8-15(20)19-5-6-23-17(19)18-13/h3-8H,9-10H2,1-2H3. The maximum atomic E-state index is 11.9. The van der Waals surface area contributed by atoms with Crippen molar-refractivity contribution in [3.8, 4) is 0 Å². The number of rotatable bonds is 5. The van der Waals surface area contributed by atoms with Gasteiger partial charge in [0.1, 0.15) is 6.61 Å². The first-order valence-electron chi connectivity index (χ1n) is 7.34. The summed E-state index contributed by atoms with van der Waals surface area (Å²) in [5, 5.41) is 1.79. The molecule has 24 heavy (non-hydrogen) atoms. The molecule has 0 saturated carbocycles. The summed E-state index contributed by atoms with van der Waals surface area (Å²) in [6.45, 7) is 4.11. The van der Waals surface area contributed by atoms with Crippen LogP contribution in [-0.2, 0) is 16.1 Å². The van der Waals surface area contributed by atoms with Crippen LogP contribution in [-0.4, -0.2) is 21.1 Å². The van der Waals surface area contributed by atoms with Crippen molar-refractivity contribution in [1.29, 1.82) is 0 Å². The number of thiazole rings is 1. The molecule has 5 nitrogen and oxygen atoms in total. The van der Waals surface area contributed by atoms with E-state index in [1.54, 1.807) is 11.6 Å². The molecule has 2 aromatic heterocycles. The Morgan fingerprint density at radius 1 is 1.29 bits per heavy atom. The summed E-state index contributed by atoms with van der Waals surface area (Å²) in [4.78, 5) is 29.7. The number of thioether (sulfide) groups is 1. The van der Waals surface area contributed by atoms with Crippen molar-refractivity contribution in [3.05, 3.63) is 63.0 Å². The Labute approximate surface area is 147 Å². The molecule has 0 unspecified atom stereocenters. The molecule has 0 aliphatic carbocycles. The number of ether oxygens (including phenoxy) is 1. The molecular weight excluding hydrogens is 344 g/mol. The first-order chi connectivity index (χ1) is 11.5. The van der Waals surface area contributed by atoms with Crippen LogP contribution < -0.4 is 5.56 Å². The topological polar surface area (TPSA) is 60.7 Å². The number of carbonyl (C=O) groups excluding carboxylic acids is 1. The lowest BCUT2D eigenvalue weighted by Crippen LogP contribution is -2.15. The molecular formula is C17H16N2O3S2. The summed E-state index contributed by atoms with van der Waals surface area (Å²) in [5.74, 6) is -0.102. The van der Waals surface area contributed by atoms with Crippen molar-refractivity contribution < 1.29 is 9.53 Å². The van der Waals surface area contributed by atoms with E-state index in [1.807, 2.05) is 19.1 Å². The Morgan fingerprint density at radius 2 is 2.12 bits per heavy atom. The van der Waals surface area contributed by atoms with Crippen LogP contribution in [0, 0.1) is 13.8 Å². The summed E-state index contributed by atoms with van der Waals surface area (Å²) >= 11 is 2.80. The lowest BCUT2D eigenvalue weighted by atomic mass is 10.1. The maximum absolute atomic E-state index is 11.9. The number of hydrogen-bond acceptors (Lipinski definition) is 6. The Bertz CT molecular complexity index is 946. The van der Waals surface area contributed by atoms with Gasteiger partial charge in [-0.15, -0.1) is 23.1 Å². The van der Waals surface area contributed by atoms with Crippen LogP contribution in [0.2, 0.25) is 0 Å². The quantitative estimate of drug-likeness (QED) is 0.516. The first kappa shape index (κ1) is 16.7. The van der Waals surface area contributed by atoms with Crippen molar-refractivity contribution in [2.24, 2.45) is 0 Å². The maximum Gasteiger partial charge on any atom is 0.316 e. The van der Waals surface area contributed by atoms with E-state index in [0.717, 1.165) is 4.90 Å². The molecule has 1 aromatic carbocycles. The summed E-state index contributed by atoms with van der Waals surface area (Å²) in [6, 6.07) is 7.48. The third kappa shape index (κ3) is 3.85. The van der Waals surface area contributed by atoms with E-state index in [2.05, 4.69) is 18.0 Å². The summed E-state index contributed by atoms with van der Waals surface area (Å²) < 4.78 is 6.68. The fourth-order valence-corrected chi connectivity index (χ4v) is 3.63. The van der Waals surface area contributed by atoms with Crippen LogP contribution in [0.4, 0.5) is 0 Å². The Kier molecular flexibility index (Phi) is 5.01. The smallest absolute Gasteiger partial charge is 0.316 e. The lowest BCUT2D eigenvalue weighted by molar-refractivity contribution is -0.141. The van der Waals surface area contributed by atoms with Crippen LogP contribution in [0.1, 0.15) is 16.8 Å². The number of esters is 1. The molecule has 124 valence electrons. The van der Waals surface area contributed by atoms with E-state index in [0.29, 0.717) is 10.7 Å². The van der Waals surface area contributed by atoms with Gasteiger partial charge in [0, 0.05) is 22.5 Å². The van der Waals surface area contributed by atoms with Gasteiger partial charge in [0.25, 0.3) is 5.56 Å². The zero-order valence-corrected chi connectivity index (χ0v) is 14.9. The second kappa shape index (κ2) is 7.19. The molecule has 0 spiro atoms. The molecule has 0 amide bonds. The number of fused-ring (bicyclic) bond motifs is 1. The molecule has 0 aliphatic rings. The molecule has 0 fully saturated rings. The van der Waals surface area contributed by atoms with Crippen LogP contribution in [0.15, 0.2) is 45.5 Å². The van der Waals surface area contributed by atoms with E-state index in [9.17, 15) is 9.59 Å². The number of aromatic nitrogens is 2. The molecule has 0 saturated heterocycles. The molecule has 0 N–H and O–H groups in total. The highest BCUT2D eigenvalue weighted by Gasteiger charge is 2.08. The van der Waals surface area contributed by atoms with Gasteiger partial charge in [0.05, 0.1) is 11.4 Å². The third-order valence-electron chi connectivity index (χ3n) is 3.57. The van der Waals surface area contributed by atoms with E-state index in [4.69, 9.17) is 4.74 Å². The Morgan fingerprint density at radius 3 is 2.92 bits per heavy atom. The van der Waals surface area contributed by atoms with Crippen molar-refractivity contribution >= 4 is 34.0 Å². The van der Waals surface area contributed by atoms with Gasteiger partial charge in [0.2, 0.25) is 0 Å². The van der Waals surface area contributed by atoms with Crippen LogP contribution >= 0.6 is 23.1 Å². The Hall–Kier alpha value is -2.12. The van der Waals surface area contributed by atoms with E-state index < -0.39 is 0 Å². The van der Waals surface area contributed by atoms with Crippen LogP contribution in [0.5, 0.6) is 0 Å². The van der Waals surface area contributed by atoms with Gasteiger partial charge in [-0.05, 0) is 37.1 Å². The summed E-state index contributed by atoms with van der Waals surface area (Å²) in [7, 11) is 0. The van der Waals surface area contributed by atoms with Gasteiger partial charge in [-0.1, -0.05) is 6.07 Å². The SMILES string of the molecule is Cc1ccc(SCC(=O)OCc2cc(=O)n3ccsc3n2)cc1C. The minimum atomic E-state index is -0.327. The number of hydrogen-bond donors (Lipinski definition) is 0. The molecule has 0 atom stereocenters. The molecule has 0 bridgehead atoms. The van der Waals surface area contributed by atoms with Crippen LogP contribution in [0.25, 0.3) is 4.96 Å². The van der Waals surface area contributed by atoms with Gasteiger partial charge in [-0.2, -0.15) is 0 Å². The zero-order chi connectivity index (χ0) is 17.1. The summed E-state index contributed by atoms with van der Waals surface area (Å²) in [5.41, 5.74) is 2.72. The fourth-order valence-electron chi connectivity index (χ4n) is 2.10. The van der Waals surface area contributed by atoms with Crippen molar-refractivity contribution in [2.45, 2.75) is 25.3 Å². The minimum absolute atomic E-state index is 0.00988. The molecule has 3 rings (SSSR count). The highest BCUT2D eigenvalue weighted by Crippen LogP contribution is 2.21. The highest BCUT2D eigenvalue weighted by molar-refractivity contribution is 8.00. The Balaban J connectivity index is 1.56. The first-order valence-corrected chi connectivity index (χ1v) is 9.21. The average Bonchev–Trinajstić information content (AvgIpc) is 3.03. The van der Waals surface area contributed by atoms with Gasteiger partial charge in [-0.25, -0.2) is 4.98 Å². The van der Waals surface area contributed by atoms with Gasteiger partial charge in [-0.3, -0.25) is 14.0 Å². The normalized spacial score (nSPS) is 10.9. The summed E-state index contributed by atoms with van der Waals surface area (Å²) in [6.07, 6.45) is 1.67. The molecule has 0 radical (unpaired) electrons. The number of carbonyl (C=O) groups is 1. The van der Waals surface area contributed by atoms with E-state index in [1.165, 1.54) is 44.7 Å². The zero-order valence-electron chi connectivity index (χ0n) is 13.3. The van der Waals surface area contributed by atoms with Gasteiger partial charge < -0.3 is 4.74 Å². The molecule has 3 aromatic rings. The molecule has 2 heterocycles. The van der Waals surface area contributed by atoms with Gasteiger partial charge >= 0.3 is 5.97 Å². The third-order valence-corrected chi connectivity index (χ3v) is 5.30. The number of benzene rings is 1. The second-order valence-corrected chi connectivity index (χ2v) is 7.26. The number of aryl methyl sites for hydroxylation is 2. The molecule has 0 aliphatic heterocycles. The monoisotopic (exact) mass is 360 g/mol. The lowest BCUT2D eigenvalue weighted by Gasteiger charge is -2.06. The van der Waals surface area contributed by atoms with Crippen LogP contribution in [0.3, 0.4) is 0 Å². The predicted octanol–water partition coefficient (Wildman–Crippen LogP) is 3.21. The van der Waals surface area contributed by atoms with E-state index in [-0.39, 0.29) is 23.9 Å². The van der Waals surface area contributed by atoms with E-state index >= 15 is 0 Å². The average molecular weight is 360 g/mol. The van der Waals surface area contributed by atoms with Crippen molar-refractivity contribution in [2.75, 3.05) is 5.75 Å². The highest BCUT2D eigenvalue weighted by atomic mass is 32.2. The number of nitrogens with zero attached hydrogens (tertiary/aromatic N) is 2. The fraction of sp³-hybridized carbons (Fsp3) is 0.235. The molecule has 7 heteroatoms.